The summed E-state index contributed by atoms with van der Waals surface area (Å²) in [6, 6.07) is 15.1. The van der Waals surface area contributed by atoms with E-state index < -0.39 is 5.56 Å². The lowest BCUT2D eigenvalue weighted by atomic mass is 10.1. The van der Waals surface area contributed by atoms with Crippen molar-refractivity contribution in [3.05, 3.63) is 81.0 Å². The number of nitrogens with zero attached hydrogens (tertiary/aromatic N) is 2. The minimum atomic E-state index is -0.500. The minimum Gasteiger partial charge on any atom is -0.495 e. The average molecular weight is 420 g/mol. The molecule has 0 saturated heterocycles. The standard InChI is InChI=1S/C22H20N4O3S/c1-29-19-9-5-4-8-18(19)26-21(28)16(20(27)25-22(26)30)13-23-11-10-14-12-24-17-7-3-2-6-15(14)17/h2-9,12-13,24,28H,10-11H2,1H3,(H,25,27,30). The van der Waals surface area contributed by atoms with E-state index in [0.29, 0.717) is 24.4 Å². The molecule has 0 aliphatic carbocycles. The molecule has 0 bridgehead atoms. The summed E-state index contributed by atoms with van der Waals surface area (Å²) >= 11 is 5.25. The molecular formula is C22H20N4O3S. The molecule has 0 fully saturated rings. The Labute approximate surface area is 177 Å². The topological polar surface area (TPSA) is 95.4 Å². The Hall–Kier alpha value is -3.65. The lowest BCUT2D eigenvalue weighted by molar-refractivity contribution is 0.402. The molecule has 0 amide bonds. The van der Waals surface area contributed by atoms with Crippen LogP contribution in [-0.4, -0.2) is 39.5 Å². The number of fused-ring (bicyclic) bond motifs is 1. The summed E-state index contributed by atoms with van der Waals surface area (Å²) in [6.07, 6.45) is 4.04. The van der Waals surface area contributed by atoms with Gasteiger partial charge in [0.1, 0.15) is 11.3 Å². The van der Waals surface area contributed by atoms with Crippen molar-refractivity contribution < 1.29 is 9.84 Å². The monoisotopic (exact) mass is 420 g/mol. The summed E-state index contributed by atoms with van der Waals surface area (Å²) < 4.78 is 6.77. The van der Waals surface area contributed by atoms with Gasteiger partial charge in [-0.2, -0.15) is 0 Å². The number of methoxy groups -OCH3 is 1. The summed E-state index contributed by atoms with van der Waals surface area (Å²) in [4.78, 5) is 22.5. The number of aliphatic imine (C=N–C) groups is 1. The predicted molar refractivity (Wildman–Crippen MR) is 120 cm³/mol. The van der Waals surface area contributed by atoms with E-state index >= 15 is 0 Å². The van der Waals surface area contributed by atoms with Crippen LogP contribution < -0.4 is 10.3 Å². The van der Waals surface area contributed by atoms with E-state index in [-0.39, 0.29) is 16.2 Å². The van der Waals surface area contributed by atoms with Crippen LogP contribution in [0.15, 0.2) is 64.5 Å². The fourth-order valence-electron chi connectivity index (χ4n) is 3.37. The van der Waals surface area contributed by atoms with Crippen LogP contribution in [0.4, 0.5) is 0 Å². The van der Waals surface area contributed by atoms with Crippen molar-refractivity contribution in [2.24, 2.45) is 4.99 Å². The molecule has 7 nitrogen and oxygen atoms in total. The zero-order valence-electron chi connectivity index (χ0n) is 16.3. The molecule has 0 radical (unpaired) electrons. The first kappa shape index (κ1) is 19.7. The highest BCUT2D eigenvalue weighted by Gasteiger charge is 2.15. The third-order valence-electron chi connectivity index (χ3n) is 4.85. The van der Waals surface area contributed by atoms with Gasteiger partial charge in [0.25, 0.3) is 5.56 Å². The first-order valence-electron chi connectivity index (χ1n) is 9.36. The molecule has 30 heavy (non-hydrogen) atoms. The molecule has 2 aromatic carbocycles. The van der Waals surface area contributed by atoms with E-state index in [1.165, 1.54) is 17.9 Å². The zero-order chi connectivity index (χ0) is 21.1. The zero-order valence-corrected chi connectivity index (χ0v) is 17.1. The predicted octanol–water partition coefficient (Wildman–Crippen LogP) is 3.75. The number of nitrogens with one attached hydrogen (secondary N) is 2. The van der Waals surface area contributed by atoms with Gasteiger partial charge in [0, 0.05) is 29.9 Å². The highest BCUT2D eigenvalue weighted by Crippen LogP contribution is 2.26. The van der Waals surface area contributed by atoms with Gasteiger partial charge in [-0.15, -0.1) is 0 Å². The molecule has 0 aliphatic rings. The van der Waals surface area contributed by atoms with Crippen LogP contribution in [0.3, 0.4) is 0 Å². The van der Waals surface area contributed by atoms with Gasteiger partial charge in [0.05, 0.1) is 12.8 Å². The van der Waals surface area contributed by atoms with E-state index in [1.807, 2.05) is 30.5 Å². The number of para-hydroxylation sites is 3. The number of hydrogen-bond acceptors (Lipinski definition) is 5. The van der Waals surface area contributed by atoms with Crippen molar-refractivity contribution in [3.8, 4) is 17.3 Å². The van der Waals surface area contributed by atoms with Crippen molar-refractivity contribution in [2.45, 2.75) is 6.42 Å². The van der Waals surface area contributed by atoms with Crippen molar-refractivity contribution in [2.75, 3.05) is 13.7 Å². The number of rotatable bonds is 6. The Balaban J connectivity index is 1.63. The molecule has 2 heterocycles. The van der Waals surface area contributed by atoms with Crippen LogP contribution in [0, 0.1) is 4.77 Å². The van der Waals surface area contributed by atoms with Gasteiger partial charge in [-0.05, 0) is 42.4 Å². The summed E-state index contributed by atoms with van der Waals surface area (Å²) in [5.41, 5.74) is 2.27. The van der Waals surface area contributed by atoms with Crippen molar-refractivity contribution in [3.63, 3.8) is 0 Å². The molecule has 8 heteroatoms. The molecule has 4 rings (SSSR count). The molecule has 2 aromatic heterocycles. The lowest BCUT2D eigenvalue weighted by Crippen LogP contribution is -2.18. The first-order chi connectivity index (χ1) is 14.6. The van der Waals surface area contributed by atoms with Crippen LogP contribution >= 0.6 is 12.2 Å². The number of H-pyrrole nitrogens is 2. The third-order valence-corrected chi connectivity index (χ3v) is 5.14. The highest BCUT2D eigenvalue weighted by molar-refractivity contribution is 7.71. The van der Waals surface area contributed by atoms with Crippen molar-refractivity contribution in [1.29, 1.82) is 0 Å². The van der Waals surface area contributed by atoms with Gasteiger partial charge in [0.15, 0.2) is 4.77 Å². The molecule has 152 valence electrons. The van der Waals surface area contributed by atoms with Gasteiger partial charge >= 0.3 is 0 Å². The number of hydrogen-bond donors (Lipinski definition) is 3. The van der Waals surface area contributed by atoms with Crippen molar-refractivity contribution in [1.82, 2.24) is 14.5 Å². The second-order valence-electron chi connectivity index (χ2n) is 6.65. The average Bonchev–Trinajstić information content (AvgIpc) is 3.16. The van der Waals surface area contributed by atoms with Crippen LogP contribution in [-0.2, 0) is 6.42 Å². The SMILES string of the molecule is COc1ccccc1-n1c(O)c(C=NCCc2c[nH]c3ccccc23)c(=O)[nH]c1=S. The highest BCUT2D eigenvalue weighted by atomic mass is 32.1. The summed E-state index contributed by atoms with van der Waals surface area (Å²) in [5, 5.41) is 11.9. The quantitative estimate of drug-likeness (QED) is 0.327. The van der Waals surface area contributed by atoms with Crippen LogP contribution in [0.2, 0.25) is 0 Å². The van der Waals surface area contributed by atoms with Gasteiger partial charge in [0.2, 0.25) is 5.88 Å². The summed E-state index contributed by atoms with van der Waals surface area (Å²) in [5.74, 6) is 0.224. The largest absolute Gasteiger partial charge is 0.495 e. The van der Waals surface area contributed by atoms with Gasteiger partial charge in [-0.3, -0.25) is 19.3 Å². The van der Waals surface area contributed by atoms with E-state index in [2.05, 4.69) is 21.0 Å². The van der Waals surface area contributed by atoms with Crippen LogP contribution in [0.25, 0.3) is 16.6 Å². The Bertz CT molecular complexity index is 1350. The van der Waals surface area contributed by atoms with Crippen LogP contribution in [0.1, 0.15) is 11.1 Å². The lowest BCUT2D eigenvalue weighted by Gasteiger charge is -2.14. The number of aromatic hydroxyl groups is 1. The van der Waals surface area contributed by atoms with E-state index in [0.717, 1.165) is 16.5 Å². The number of ether oxygens (including phenoxy) is 1. The molecule has 4 aromatic rings. The summed E-state index contributed by atoms with van der Waals surface area (Å²) in [7, 11) is 1.53. The number of benzene rings is 2. The third kappa shape index (κ3) is 3.65. The molecule has 3 N–H and O–H groups in total. The minimum absolute atomic E-state index is 0.0356. The Morgan fingerprint density at radius 2 is 1.97 bits per heavy atom. The maximum absolute atomic E-state index is 12.4. The molecule has 0 spiro atoms. The van der Waals surface area contributed by atoms with E-state index in [4.69, 9.17) is 17.0 Å². The van der Waals surface area contributed by atoms with Crippen LogP contribution in [0.5, 0.6) is 11.6 Å². The fourth-order valence-corrected chi connectivity index (χ4v) is 3.65. The van der Waals surface area contributed by atoms with Gasteiger partial charge in [-0.25, -0.2) is 0 Å². The second-order valence-corrected chi connectivity index (χ2v) is 7.04. The maximum Gasteiger partial charge on any atom is 0.264 e. The van der Waals surface area contributed by atoms with Crippen molar-refractivity contribution >= 4 is 29.3 Å². The molecular weight excluding hydrogens is 400 g/mol. The Kier molecular flexibility index (Phi) is 5.49. The number of aromatic nitrogens is 3. The van der Waals surface area contributed by atoms with Gasteiger partial charge in [-0.1, -0.05) is 30.3 Å². The van der Waals surface area contributed by atoms with E-state index in [1.54, 1.807) is 18.2 Å². The summed E-state index contributed by atoms with van der Waals surface area (Å²) in [6.45, 7) is 0.463. The molecule has 0 unspecified atom stereocenters. The molecule has 0 aliphatic heterocycles. The molecule has 0 atom stereocenters. The number of aromatic amines is 2. The fraction of sp³-hybridized carbons (Fsp3) is 0.136. The van der Waals surface area contributed by atoms with Gasteiger partial charge < -0.3 is 14.8 Å². The second kappa shape index (κ2) is 8.38. The Morgan fingerprint density at radius 3 is 2.80 bits per heavy atom. The normalized spacial score (nSPS) is 11.4. The maximum atomic E-state index is 12.4. The first-order valence-corrected chi connectivity index (χ1v) is 9.77. The molecule has 0 saturated carbocycles. The van der Waals surface area contributed by atoms with E-state index in [9.17, 15) is 9.90 Å². The Morgan fingerprint density at radius 1 is 1.20 bits per heavy atom. The smallest absolute Gasteiger partial charge is 0.264 e.